The minimum Gasteiger partial charge on any atom is -0.339 e. The van der Waals surface area contributed by atoms with Gasteiger partial charge in [0.25, 0.3) is 11.8 Å². The van der Waals surface area contributed by atoms with Crippen LogP contribution in [0.3, 0.4) is 0 Å². The first kappa shape index (κ1) is 23.9. The van der Waals surface area contributed by atoms with Crippen molar-refractivity contribution in [3.63, 3.8) is 0 Å². The van der Waals surface area contributed by atoms with E-state index in [1.807, 2.05) is 36.2 Å². The Bertz CT molecular complexity index is 973. The van der Waals surface area contributed by atoms with Crippen LogP contribution in [0, 0.1) is 0 Å². The lowest BCUT2D eigenvalue weighted by Crippen LogP contribution is -2.39. The molecule has 1 saturated carbocycles. The van der Waals surface area contributed by atoms with Crippen molar-refractivity contribution in [3.05, 3.63) is 65.2 Å². The molecule has 3 rings (SSSR count). The van der Waals surface area contributed by atoms with Gasteiger partial charge in [-0.1, -0.05) is 64.3 Å². The average molecular weight is 452 g/mol. The molecule has 0 aliphatic heterocycles. The molecule has 2 aromatic carbocycles. The second-order valence-electron chi connectivity index (χ2n) is 9.49. The predicted octanol–water partition coefficient (Wildman–Crippen LogP) is 5.52. The van der Waals surface area contributed by atoms with Crippen LogP contribution in [0.1, 0.15) is 79.2 Å². The summed E-state index contributed by atoms with van der Waals surface area (Å²) < 4.78 is 0. The van der Waals surface area contributed by atoms with E-state index in [-0.39, 0.29) is 28.4 Å². The van der Waals surface area contributed by atoms with Crippen LogP contribution in [0.15, 0.2) is 48.5 Å². The molecule has 32 heavy (non-hydrogen) atoms. The molecule has 2 N–H and O–H groups in total. The number of benzene rings is 2. The first-order valence-corrected chi connectivity index (χ1v) is 11.7. The summed E-state index contributed by atoms with van der Waals surface area (Å²) in [5.74, 6) is -0.321. The van der Waals surface area contributed by atoms with Gasteiger partial charge in [-0.25, -0.2) is 0 Å². The molecule has 0 heterocycles. The fourth-order valence-electron chi connectivity index (χ4n) is 4.05. The zero-order valence-electron chi connectivity index (χ0n) is 19.4. The highest BCUT2D eigenvalue weighted by molar-refractivity contribution is 7.80. The number of nitrogens with one attached hydrogen (secondary N) is 2. The molecule has 0 aromatic heterocycles. The lowest BCUT2D eigenvalue weighted by atomic mass is 9.87. The van der Waals surface area contributed by atoms with E-state index in [2.05, 4.69) is 31.4 Å². The van der Waals surface area contributed by atoms with Crippen molar-refractivity contribution >= 4 is 34.8 Å². The number of amides is 2. The Balaban J connectivity index is 1.66. The van der Waals surface area contributed by atoms with Gasteiger partial charge in [0.05, 0.1) is 11.3 Å². The monoisotopic (exact) mass is 451 g/mol. The number of para-hydroxylation sites is 1. The van der Waals surface area contributed by atoms with Gasteiger partial charge in [0.2, 0.25) is 0 Å². The van der Waals surface area contributed by atoms with Crippen LogP contribution in [-0.4, -0.2) is 34.9 Å². The van der Waals surface area contributed by atoms with Crippen molar-refractivity contribution in [2.24, 2.45) is 0 Å². The van der Waals surface area contributed by atoms with Gasteiger partial charge in [0.15, 0.2) is 5.11 Å². The molecule has 2 aromatic rings. The molecular weight excluding hydrogens is 418 g/mol. The number of hydrogen-bond donors (Lipinski definition) is 2. The summed E-state index contributed by atoms with van der Waals surface area (Å²) in [4.78, 5) is 27.6. The van der Waals surface area contributed by atoms with E-state index in [4.69, 9.17) is 12.2 Å². The average Bonchev–Trinajstić information content (AvgIpc) is 2.78. The molecule has 1 aliphatic rings. The number of anilines is 1. The Hall–Kier alpha value is -2.73. The van der Waals surface area contributed by atoms with Crippen LogP contribution in [-0.2, 0) is 5.41 Å². The maximum Gasteiger partial charge on any atom is 0.257 e. The SMILES string of the molecule is CN(C(=O)c1ccccc1NC(=S)NC(=O)c1ccc(C(C)(C)C)cc1)C1CCCCC1. The summed E-state index contributed by atoms with van der Waals surface area (Å²) in [5, 5.41) is 5.92. The summed E-state index contributed by atoms with van der Waals surface area (Å²) in [6.07, 6.45) is 5.65. The fourth-order valence-corrected chi connectivity index (χ4v) is 4.26. The van der Waals surface area contributed by atoms with E-state index < -0.39 is 0 Å². The third-order valence-electron chi connectivity index (χ3n) is 6.09. The van der Waals surface area contributed by atoms with E-state index in [9.17, 15) is 9.59 Å². The Morgan fingerprint density at radius 2 is 1.59 bits per heavy atom. The topological polar surface area (TPSA) is 61.4 Å². The standard InChI is InChI=1S/C26H33N3O2S/c1-26(2,3)19-16-14-18(15-17-19)23(30)28-25(32)27-22-13-9-8-12-21(22)24(31)29(4)20-10-6-5-7-11-20/h8-9,12-17,20H,5-7,10-11H2,1-4H3,(H2,27,28,30,32). The van der Waals surface area contributed by atoms with Gasteiger partial charge in [-0.3, -0.25) is 14.9 Å². The van der Waals surface area contributed by atoms with Crippen LogP contribution >= 0.6 is 12.2 Å². The maximum atomic E-state index is 13.2. The maximum absolute atomic E-state index is 13.2. The van der Waals surface area contributed by atoms with Crippen molar-refractivity contribution in [1.82, 2.24) is 10.2 Å². The van der Waals surface area contributed by atoms with Crippen molar-refractivity contribution in [1.29, 1.82) is 0 Å². The number of carbonyl (C=O) groups excluding carboxylic acids is 2. The molecule has 1 aliphatic carbocycles. The highest BCUT2D eigenvalue weighted by Crippen LogP contribution is 2.25. The number of carbonyl (C=O) groups is 2. The zero-order valence-corrected chi connectivity index (χ0v) is 20.2. The predicted molar refractivity (Wildman–Crippen MR) is 134 cm³/mol. The number of nitrogens with zero attached hydrogens (tertiary/aromatic N) is 1. The van der Waals surface area contributed by atoms with Gasteiger partial charge in [-0.15, -0.1) is 0 Å². The summed E-state index contributed by atoms with van der Waals surface area (Å²) >= 11 is 5.37. The molecule has 170 valence electrons. The first-order valence-electron chi connectivity index (χ1n) is 11.3. The number of hydrogen-bond acceptors (Lipinski definition) is 3. The molecule has 0 spiro atoms. The van der Waals surface area contributed by atoms with Gasteiger partial charge >= 0.3 is 0 Å². The van der Waals surface area contributed by atoms with E-state index in [0.29, 0.717) is 16.8 Å². The minimum absolute atomic E-state index is 0.0207. The van der Waals surface area contributed by atoms with Gasteiger partial charge in [0.1, 0.15) is 0 Å². The van der Waals surface area contributed by atoms with E-state index in [1.54, 1.807) is 24.3 Å². The third kappa shape index (κ3) is 5.94. The highest BCUT2D eigenvalue weighted by Gasteiger charge is 2.24. The minimum atomic E-state index is -0.286. The van der Waals surface area contributed by atoms with E-state index in [0.717, 1.165) is 31.2 Å². The van der Waals surface area contributed by atoms with Crippen molar-refractivity contribution in [2.45, 2.75) is 64.3 Å². The van der Waals surface area contributed by atoms with Crippen LogP contribution in [0.25, 0.3) is 0 Å². The number of thiocarbonyl (C=S) groups is 1. The molecule has 0 unspecified atom stereocenters. The van der Waals surface area contributed by atoms with Crippen LogP contribution in [0.2, 0.25) is 0 Å². The normalized spacial score (nSPS) is 14.5. The summed E-state index contributed by atoms with van der Waals surface area (Å²) in [6.45, 7) is 6.39. The van der Waals surface area contributed by atoms with E-state index >= 15 is 0 Å². The molecule has 0 saturated heterocycles. The third-order valence-corrected chi connectivity index (χ3v) is 6.29. The second-order valence-corrected chi connectivity index (χ2v) is 9.90. The first-order chi connectivity index (χ1) is 15.2. The summed E-state index contributed by atoms with van der Waals surface area (Å²) in [5.41, 5.74) is 2.85. The van der Waals surface area contributed by atoms with Gasteiger partial charge in [0, 0.05) is 18.7 Å². The summed E-state index contributed by atoms with van der Waals surface area (Å²) in [7, 11) is 1.87. The van der Waals surface area contributed by atoms with Crippen molar-refractivity contribution in [2.75, 3.05) is 12.4 Å². The molecular formula is C26H33N3O2S. The Kier molecular flexibility index (Phi) is 7.67. The van der Waals surface area contributed by atoms with Crippen LogP contribution < -0.4 is 10.6 Å². The Morgan fingerprint density at radius 3 is 2.22 bits per heavy atom. The Morgan fingerprint density at radius 1 is 0.969 bits per heavy atom. The largest absolute Gasteiger partial charge is 0.339 e. The molecule has 1 fully saturated rings. The highest BCUT2D eigenvalue weighted by atomic mass is 32.1. The van der Waals surface area contributed by atoms with Crippen LogP contribution in [0.4, 0.5) is 5.69 Å². The summed E-state index contributed by atoms with van der Waals surface area (Å²) in [6, 6.07) is 15.1. The van der Waals surface area contributed by atoms with Crippen molar-refractivity contribution in [3.8, 4) is 0 Å². The molecule has 0 radical (unpaired) electrons. The molecule has 0 bridgehead atoms. The fraction of sp³-hybridized carbons (Fsp3) is 0.423. The zero-order chi connectivity index (χ0) is 23.3. The van der Waals surface area contributed by atoms with Crippen LogP contribution in [0.5, 0.6) is 0 Å². The van der Waals surface area contributed by atoms with Gasteiger partial charge < -0.3 is 10.2 Å². The second kappa shape index (κ2) is 10.3. The Labute approximate surface area is 196 Å². The molecule has 0 atom stereocenters. The van der Waals surface area contributed by atoms with Gasteiger partial charge in [-0.05, 0) is 60.3 Å². The molecule has 5 nitrogen and oxygen atoms in total. The molecule has 6 heteroatoms. The van der Waals surface area contributed by atoms with Crippen molar-refractivity contribution < 1.29 is 9.59 Å². The molecule has 2 amide bonds. The number of rotatable bonds is 4. The lowest BCUT2D eigenvalue weighted by molar-refractivity contribution is 0.0697. The van der Waals surface area contributed by atoms with Gasteiger partial charge in [-0.2, -0.15) is 0 Å². The lowest BCUT2D eigenvalue weighted by Gasteiger charge is -2.31. The smallest absolute Gasteiger partial charge is 0.257 e. The van der Waals surface area contributed by atoms with E-state index in [1.165, 1.54) is 6.42 Å². The quantitative estimate of drug-likeness (QED) is 0.601.